The Balaban J connectivity index is 0.924. The van der Waals surface area contributed by atoms with Crippen LogP contribution in [-0.2, 0) is 36.5 Å². The normalized spacial score (nSPS) is 17.3. The molecule has 2 amide bonds. The van der Waals surface area contributed by atoms with E-state index in [4.69, 9.17) is 18.9 Å². The summed E-state index contributed by atoms with van der Waals surface area (Å²) in [6.07, 6.45) is 2.71. The summed E-state index contributed by atoms with van der Waals surface area (Å²) >= 11 is 1.85. The second-order valence-electron chi connectivity index (χ2n) is 16.9. The van der Waals surface area contributed by atoms with Gasteiger partial charge in [0.2, 0.25) is 0 Å². The van der Waals surface area contributed by atoms with Gasteiger partial charge in [-0.05, 0) is 95.8 Å². The molecular formula is C50H54N4O6S. The summed E-state index contributed by atoms with van der Waals surface area (Å²) in [7, 11) is 1.61. The predicted octanol–water partition coefficient (Wildman–Crippen LogP) is 9.45. The zero-order chi connectivity index (χ0) is 42.0. The van der Waals surface area contributed by atoms with Crippen molar-refractivity contribution in [2.75, 3.05) is 59.6 Å². The van der Waals surface area contributed by atoms with E-state index in [2.05, 4.69) is 54.8 Å². The lowest BCUT2D eigenvalue weighted by Gasteiger charge is -2.23. The van der Waals surface area contributed by atoms with Crippen molar-refractivity contribution in [2.24, 2.45) is 5.92 Å². The van der Waals surface area contributed by atoms with Crippen LogP contribution in [0.2, 0.25) is 0 Å². The number of hydrogen-bond acceptors (Lipinski definition) is 9. The van der Waals surface area contributed by atoms with Crippen molar-refractivity contribution < 1.29 is 28.5 Å². The van der Waals surface area contributed by atoms with Gasteiger partial charge >= 0.3 is 0 Å². The van der Waals surface area contributed by atoms with E-state index in [9.17, 15) is 9.59 Å². The average Bonchev–Trinajstić information content (AvgIpc) is 3.76. The molecule has 0 aliphatic carbocycles. The standard InChI is InChI=1S/C50H54N4O6S/c1-31(2)13-14-58-15-16-61-30-35-19-33(28-59-46-24-42-40(17-32(46)3)49(55)53-38(26-51-42)21-36-9-5-7-11-44(36)53)18-34(20-35)29-60-48-25-43-41(23-47(48)57-4)50(56)54-39(27-52-43)22-37-10-6-8-12-45(37)54/h5-12,17-20,23-25,31,38-39,51-52H,13-16,21-22,26-30H2,1-4H3/t38-,39-/m0/s1. The van der Waals surface area contributed by atoms with E-state index >= 15 is 0 Å². The van der Waals surface area contributed by atoms with E-state index < -0.39 is 0 Å². The Morgan fingerprint density at radius 2 is 1.25 bits per heavy atom. The van der Waals surface area contributed by atoms with Crippen LogP contribution < -0.4 is 34.6 Å². The molecular weight excluding hydrogens is 785 g/mol. The minimum atomic E-state index is -0.0434. The van der Waals surface area contributed by atoms with E-state index in [1.54, 1.807) is 13.2 Å². The first-order valence-corrected chi connectivity index (χ1v) is 22.6. The van der Waals surface area contributed by atoms with Crippen LogP contribution >= 0.6 is 11.8 Å². The molecule has 0 aromatic heterocycles. The van der Waals surface area contributed by atoms with Gasteiger partial charge in [-0.3, -0.25) is 9.59 Å². The highest BCUT2D eigenvalue weighted by Gasteiger charge is 2.39. The zero-order valence-electron chi connectivity index (χ0n) is 35.4. The molecule has 0 radical (unpaired) electrons. The van der Waals surface area contributed by atoms with Crippen molar-refractivity contribution in [1.29, 1.82) is 0 Å². The van der Waals surface area contributed by atoms with E-state index in [1.165, 1.54) is 16.7 Å². The first kappa shape index (κ1) is 40.7. The van der Waals surface area contributed by atoms with Crippen molar-refractivity contribution in [3.63, 3.8) is 0 Å². The number of carbonyl (C=O) groups is 2. The molecule has 316 valence electrons. The van der Waals surface area contributed by atoms with Crippen molar-refractivity contribution in [3.05, 3.63) is 136 Å². The van der Waals surface area contributed by atoms with Gasteiger partial charge in [-0.2, -0.15) is 11.8 Å². The number of benzene rings is 5. The van der Waals surface area contributed by atoms with Crippen LogP contribution in [0.1, 0.15) is 74.4 Å². The van der Waals surface area contributed by atoms with E-state index in [0.717, 1.165) is 89.2 Å². The number of anilines is 4. The molecule has 0 unspecified atom stereocenters. The lowest BCUT2D eigenvalue weighted by Crippen LogP contribution is -2.39. The van der Waals surface area contributed by atoms with E-state index in [1.807, 2.05) is 83.1 Å². The molecule has 61 heavy (non-hydrogen) atoms. The maximum absolute atomic E-state index is 14.0. The Labute approximate surface area is 362 Å². The third-order valence-corrected chi connectivity index (χ3v) is 13.1. The van der Waals surface area contributed by atoms with Gasteiger partial charge < -0.3 is 39.4 Å². The SMILES string of the molecule is COc1cc2c(cc1OCc1cc(COc3cc4c(cc3C)C(=O)N3c5ccccc5C[C@H]3CN4)cc(CSCCOCCC(C)C)c1)NC[C@@H]1Cc3ccccc3N1C2=O. The molecule has 11 heteroatoms. The van der Waals surface area contributed by atoms with Crippen LogP contribution in [0.3, 0.4) is 0 Å². The highest BCUT2D eigenvalue weighted by atomic mass is 32.2. The van der Waals surface area contributed by atoms with Gasteiger partial charge in [-0.15, -0.1) is 0 Å². The van der Waals surface area contributed by atoms with Crippen LogP contribution in [0.4, 0.5) is 22.7 Å². The molecule has 2 atom stereocenters. The molecule has 0 saturated carbocycles. The largest absolute Gasteiger partial charge is 0.493 e. The van der Waals surface area contributed by atoms with Gasteiger partial charge in [0, 0.05) is 54.7 Å². The summed E-state index contributed by atoms with van der Waals surface area (Å²) in [5.74, 6) is 4.11. The molecule has 10 nitrogen and oxygen atoms in total. The molecule has 0 spiro atoms. The average molecular weight is 839 g/mol. The molecule has 0 fully saturated rings. The Morgan fingerprint density at radius 3 is 1.85 bits per heavy atom. The van der Waals surface area contributed by atoms with Crippen LogP contribution in [0, 0.1) is 12.8 Å². The van der Waals surface area contributed by atoms with Gasteiger partial charge in [0.15, 0.2) is 11.5 Å². The zero-order valence-corrected chi connectivity index (χ0v) is 36.2. The second-order valence-corrected chi connectivity index (χ2v) is 18.0. The van der Waals surface area contributed by atoms with Gasteiger partial charge in [0.05, 0.1) is 48.3 Å². The van der Waals surface area contributed by atoms with Crippen LogP contribution in [-0.4, -0.2) is 63.1 Å². The Kier molecular flexibility index (Phi) is 11.9. The molecule has 4 aliphatic heterocycles. The minimum Gasteiger partial charge on any atom is -0.493 e. The number of fused-ring (bicyclic) bond motifs is 8. The summed E-state index contributed by atoms with van der Waals surface area (Å²) in [6.45, 7) is 9.86. The fraction of sp³-hybridized carbons (Fsp3) is 0.360. The molecule has 9 rings (SSSR count). The lowest BCUT2D eigenvalue weighted by molar-refractivity contribution is 0.0975. The van der Waals surface area contributed by atoms with E-state index in [-0.39, 0.29) is 23.9 Å². The Morgan fingerprint density at radius 1 is 0.689 bits per heavy atom. The van der Waals surface area contributed by atoms with Crippen molar-refractivity contribution in [3.8, 4) is 17.2 Å². The summed E-state index contributed by atoms with van der Waals surface area (Å²) < 4.78 is 24.8. The van der Waals surface area contributed by atoms with Crippen molar-refractivity contribution >= 4 is 46.3 Å². The number of hydrogen-bond donors (Lipinski definition) is 2. The smallest absolute Gasteiger partial charge is 0.260 e. The molecule has 0 saturated heterocycles. The molecule has 5 aromatic carbocycles. The fourth-order valence-electron chi connectivity index (χ4n) is 8.98. The third-order valence-electron chi connectivity index (χ3n) is 12.1. The molecule has 2 N–H and O–H groups in total. The Bertz CT molecular complexity index is 2450. The first-order chi connectivity index (χ1) is 29.7. The van der Waals surface area contributed by atoms with Crippen LogP contribution in [0.5, 0.6) is 17.2 Å². The topological polar surface area (TPSA) is 102 Å². The highest BCUT2D eigenvalue weighted by Crippen LogP contribution is 2.42. The molecule has 4 aliphatic rings. The quantitative estimate of drug-likeness (QED) is 0.1000. The number of methoxy groups -OCH3 is 1. The van der Waals surface area contributed by atoms with Gasteiger partial charge in [-0.1, -0.05) is 62.4 Å². The highest BCUT2D eigenvalue weighted by molar-refractivity contribution is 7.98. The number of nitrogens with one attached hydrogen (secondary N) is 2. The minimum absolute atomic E-state index is 0.0179. The summed E-state index contributed by atoms with van der Waals surface area (Å²) in [4.78, 5) is 31.9. The molecule has 5 aromatic rings. The molecule has 0 bridgehead atoms. The summed E-state index contributed by atoms with van der Waals surface area (Å²) in [6, 6.07) is 30.6. The maximum Gasteiger partial charge on any atom is 0.260 e. The fourth-order valence-corrected chi connectivity index (χ4v) is 9.76. The van der Waals surface area contributed by atoms with Crippen molar-refractivity contribution in [1.82, 2.24) is 0 Å². The number of nitrogens with zero attached hydrogens (tertiary/aromatic N) is 2. The third kappa shape index (κ3) is 8.50. The number of thioether (sulfide) groups is 1. The summed E-state index contributed by atoms with van der Waals surface area (Å²) in [5, 5.41) is 7.10. The van der Waals surface area contributed by atoms with Crippen molar-refractivity contribution in [2.45, 2.75) is 71.1 Å². The number of aryl methyl sites for hydroxylation is 1. The number of para-hydroxylation sites is 2. The maximum atomic E-state index is 14.0. The second kappa shape index (κ2) is 17.8. The lowest BCUT2D eigenvalue weighted by atomic mass is 10.1. The number of amides is 2. The molecule has 4 heterocycles. The number of ether oxygens (including phenoxy) is 4. The predicted molar refractivity (Wildman–Crippen MR) is 244 cm³/mol. The van der Waals surface area contributed by atoms with Crippen LogP contribution in [0.25, 0.3) is 0 Å². The monoisotopic (exact) mass is 838 g/mol. The first-order valence-electron chi connectivity index (χ1n) is 21.4. The van der Waals surface area contributed by atoms with Gasteiger partial charge in [-0.25, -0.2) is 0 Å². The number of carbonyl (C=O) groups excluding carboxylic acids is 2. The Hall–Kier alpha value is -5.65. The van der Waals surface area contributed by atoms with Gasteiger partial charge in [0.1, 0.15) is 19.0 Å². The van der Waals surface area contributed by atoms with Crippen LogP contribution in [0.15, 0.2) is 91.0 Å². The van der Waals surface area contributed by atoms with E-state index in [0.29, 0.717) is 54.8 Å². The number of rotatable bonds is 15. The van der Waals surface area contributed by atoms with Gasteiger partial charge in [0.25, 0.3) is 11.8 Å². The summed E-state index contributed by atoms with van der Waals surface area (Å²) in [5.41, 5.74) is 11.2.